The summed E-state index contributed by atoms with van der Waals surface area (Å²) < 4.78 is 22.8. The number of aliphatic hydroxyl groups excluding tert-OH is 8. The van der Waals surface area contributed by atoms with E-state index in [9.17, 15) is 45.6 Å². The van der Waals surface area contributed by atoms with Crippen LogP contribution in [-0.2, 0) is 23.7 Å². The van der Waals surface area contributed by atoms with Gasteiger partial charge in [0, 0.05) is 6.42 Å². The minimum absolute atomic E-state index is 0.201. The standard InChI is InChI=1S/C54H105NO13/c1-3-5-7-9-11-13-15-17-19-21-23-25-27-29-31-33-35-37-43(58)42(55-46(59)38-36-34-32-30-28-26-24-22-20-18-16-14-12-10-8-6-4-2)41-65-53-51(64)49(62)52(45(40-57)67-53)68-54-50(63)48(61)47(60)44(39-56)66-54/h42-45,47-54,56-58,60-64H,3-41H2,1-2H3,(H,55,59). The predicted molar refractivity (Wildman–Crippen MR) is 268 cm³/mol. The summed E-state index contributed by atoms with van der Waals surface area (Å²) >= 11 is 0. The van der Waals surface area contributed by atoms with Gasteiger partial charge in [-0.25, -0.2) is 0 Å². The molecule has 12 unspecified atom stereocenters. The second-order valence-electron chi connectivity index (χ2n) is 20.4. The molecular weight excluding hydrogens is 871 g/mol. The molecule has 2 fully saturated rings. The van der Waals surface area contributed by atoms with Crippen LogP contribution in [0.2, 0.25) is 0 Å². The lowest BCUT2D eigenvalue weighted by Gasteiger charge is -2.46. The van der Waals surface area contributed by atoms with Gasteiger partial charge >= 0.3 is 0 Å². The number of unbranched alkanes of at least 4 members (excludes halogenated alkanes) is 32. The van der Waals surface area contributed by atoms with E-state index in [2.05, 4.69) is 19.2 Å². The van der Waals surface area contributed by atoms with Gasteiger partial charge in [0.25, 0.3) is 0 Å². The number of hydrogen-bond donors (Lipinski definition) is 9. The van der Waals surface area contributed by atoms with Gasteiger partial charge in [-0.1, -0.05) is 226 Å². The third kappa shape index (κ3) is 27.7. The molecule has 2 saturated heterocycles. The first-order chi connectivity index (χ1) is 33.1. The van der Waals surface area contributed by atoms with Gasteiger partial charge in [0.1, 0.15) is 48.8 Å². The first-order valence-electron chi connectivity index (χ1n) is 28.3. The van der Waals surface area contributed by atoms with E-state index in [-0.39, 0.29) is 12.5 Å². The number of carbonyl (C=O) groups excluding carboxylic acids is 1. The molecule has 2 aliphatic rings. The molecule has 0 spiro atoms. The Bertz CT molecular complexity index is 1150. The summed E-state index contributed by atoms with van der Waals surface area (Å²) in [5, 5.41) is 87.1. The van der Waals surface area contributed by atoms with Crippen molar-refractivity contribution in [2.45, 2.75) is 319 Å². The van der Waals surface area contributed by atoms with Crippen LogP contribution in [0, 0.1) is 0 Å². The molecule has 9 N–H and O–H groups in total. The fraction of sp³-hybridized carbons (Fsp3) is 0.981. The van der Waals surface area contributed by atoms with E-state index >= 15 is 0 Å². The third-order valence-electron chi connectivity index (χ3n) is 14.3. The molecule has 404 valence electrons. The Morgan fingerprint density at radius 1 is 0.471 bits per heavy atom. The van der Waals surface area contributed by atoms with E-state index in [0.29, 0.717) is 12.8 Å². The Labute approximate surface area is 413 Å². The quantitative estimate of drug-likeness (QED) is 0.0261. The largest absolute Gasteiger partial charge is 0.394 e. The van der Waals surface area contributed by atoms with Crippen LogP contribution < -0.4 is 5.32 Å². The van der Waals surface area contributed by atoms with Crippen LogP contribution in [0.1, 0.15) is 245 Å². The molecule has 0 aromatic heterocycles. The van der Waals surface area contributed by atoms with Crippen molar-refractivity contribution in [3.05, 3.63) is 0 Å². The van der Waals surface area contributed by atoms with Crippen molar-refractivity contribution in [2.75, 3.05) is 19.8 Å². The fourth-order valence-corrected chi connectivity index (χ4v) is 9.71. The normalized spacial score (nSPS) is 26.3. The summed E-state index contributed by atoms with van der Waals surface area (Å²) in [6.45, 7) is 2.89. The number of rotatable bonds is 45. The van der Waals surface area contributed by atoms with Crippen LogP contribution in [0.3, 0.4) is 0 Å². The Kier molecular flexibility index (Phi) is 38.5. The first-order valence-corrected chi connectivity index (χ1v) is 28.3. The molecule has 2 aliphatic heterocycles. The topological polar surface area (TPSA) is 228 Å². The molecule has 0 aromatic carbocycles. The summed E-state index contributed by atoms with van der Waals surface area (Å²) in [5.74, 6) is -0.201. The molecule has 0 bridgehead atoms. The molecule has 14 heteroatoms. The third-order valence-corrected chi connectivity index (χ3v) is 14.3. The molecule has 2 heterocycles. The van der Waals surface area contributed by atoms with Crippen LogP contribution in [-0.4, -0.2) is 140 Å². The van der Waals surface area contributed by atoms with E-state index in [0.717, 1.165) is 51.4 Å². The minimum Gasteiger partial charge on any atom is -0.394 e. The average molecular weight is 976 g/mol. The van der Waals surface area contributed by atoms with Crippen LogP contribution >= 0.6 is 0 Å². The highest BCUT2D eigenvalue weighted by atomic mass is 16.7. The number of amides is 1. The van der Waals surface area contributed by atoms with Crippen molar-refractivity contribution in [2.24, 2.45) is 0 Å². The lowest BCUT2D eigenvalue weighted by molar-refractivity contribution is -0.359. The number of hydrogen-bond acceptors (Lipinski definition) is 13. The maximum absolute atomic E-state index is 13.2. The van der Waals surface area contributed by atoms with Crippen LogP contribution in [0.4, 0.5) is 0 Å². The highest BCUT2D eigenvalue weighted by Crippen LogP contribution is 2.30. The maximum Gasteiger partial charge on any atom is 0.220 e. The lowest BCUT2D eigenvalue weighted by Crippen LogP contribution is -2.65. The van der Waals surface area contributed by atoms with Crippen molar-refractivity contribution in [1.82, 2.24) is 5.32 Å². The van der Waals surface area contributed by atoms with Gasteiger partial charge < -0.3 is 65.1 Å². The molecule has 68 heavy (non-hydrogen) atoms. The first kappa shape index (κ1) is 63.1. The molecule has 0 saturated carbocycles. The zero-order valence-electron chi connectivity index (χ0n) is 43.1. The van der Waals surface area contributed by atoms with Crippen molar-refractivity contribution >= 4 is 5.91 Å². The Balaban J connectivity index is 1.78. The summed E-state index contributed by atoms with van der Waals surface area (Å²) in [6.07, 6.45) is 26.6. The highest BCUT2D eigenvalue weighted by molar-refractivity contribution is 5.76. The summed E-state index contributed by atoms with van der Waals surface area (Å²) in [4.78, 5) is 13.2. The lowest BCUT2D eigenvalue weighted by atomic mass is 9.97. The summed E-state index contributed by atoms with van der Waals surface area (Å²) in [7, 11) is 0. The molecule has 0 aromatic rings. The molecule has 12 atom stereocenters. The zero-order valence-corrected chi connectivity index (χ0v) is 43.1. The summed E-state index contributed by atoms with van der Waals surface area (Å²) in [6, 6.07) is -0.821. The fourth-order valence-electron chi connectivity index (χ4n) is 9.71. The van der Waals surface area contributed by atoms with Crippen molar-refractivity contribution in [3.63, 3.8) is 0 Å². The number of aliphatic hydroxyl groups is 8. The van der Waals surface area contributed by atoms with Gasteiger partial charge in [-0.05, 0) is 12.8 Å². The SMILES string of the molecule is CCCCCCCCCCCCCCCCCCCC(=O)NC(COC1OC(CO)C(OC2OC(CO)C(O)C(O)C2O)C(O)C1O)C(O)CCCCCCCCCCCCCCCCCCC. The molecule has 0 aliphatic carbocycles. The zero-order chi connectivity index (χ0) is 49.6. The molecule has 1 amide bonds. The van der Waals surface area contributed by atoms with Crippen LogP contribution in [0.25, 0.3) is 0 Å². The van der Waals surface area contributed by atoms with E-state index in [1.54, 1.807) is 0 Å². The number of ether oxygens (including phenoxy) is 4. The predicted octanol–water partition coefficient (Wildman–Crippen LogP) is 8.56. The van der Waals surface area contributed by atoms with Crippen molar-refractivity contribution in [3.8, 4) is 0 Å². The highest BCUT2D eigenvalue weighted by Gasteiger charge is 2.51. The monoisotopic (exact) mass is 976 g/mol. The Hall–Kier alpha value is -1.01. The van der Waals surface area contributed by atoms with E-state index in [1.165, 1.54) is 167 Å². The number of carbonyl (C=O) groups is 1. The van der Waals surface area contributed by atoms with Crippen molar-refractivity contribution < 1.29 is 64.6 Å². The maximum atomic E-state index is 13.2. The van der Waals surface area contributed by atoms with Gasteiger partial charge in [-0.3, -0.25) is 4.79 Å². The average Bonchev–Trinajstić information content (AvgIpc) is 3.34. The van der Waals surface area contributed by atoms with Gasteiger partial charge in [0.15, 0.2) is 12.6 Å². The van der Waals surface area contributed by atoms with Gasteiger partial charge in [-0.2, -0.15) is 0 Å². The van der Waals surface area contributed by atoms with E-state index < -0.39 is 86.8 Å². The smallest absolute Gasteiger partial charge is 0.220 e. The second kappa shape index (κ2) is 41.5. The number of nitrogens with one attached hydrogen (secondary N) is 1. The van der Waals surface area contributed by atoms with E-state index in [4.69, 9.17) is 18.9 Å². The van der Waals surface area contributed by atoms with Gasteiger partial charge in [0.2, 0.25) is 5.91 Å². The molecule has 0 radical (unpaired) electrons. The molecule has 14 nitrogen and oxygen atoms in total. The van der Waals surface area contributed by atoms with Gasteiger partial charge in [0.05, 0.1) is 32.0 Å². The minimum atomic E-state index is -1.78. The molecular formula is C54H105NO13. The van der Waals surface area contributed by atoms with Gasteiger partial charge in [-0.15, -0.1) is 0 Å². The van der Waals surface area contributed by atoms with E-state index in [1.807, 2.05) is 0 Å². The Morgan fingerprint density at radius 2 is 0.838 bits per heavy atom. The summed E-state index contributed by atoms with van der Waals surface area (Å²) in [5.41, 5.74) is 0. The Morgan fingerprint density at radius 3 is 1.25 bits per heavy atom. The second-order valence-corrected chi connectivity index (χ2v) is 20.4. The molecule has 2 rings (SSSR count). The van der Waals surface area contributed by atoms with Crippen LogP contribution in [0.15, 0.2) is 0 Å². The van der Waals surface area contributed by atoms with Crippen molar-refractivity contribution in [1.29, 1.82) is 0 Å². The van der Waals surface area contributed by atoms with Crippen LogP contribution in [0.5, 0.6) is 0 Å².